The molecule has 3 amide bonds. The Hall–Kier alpha value is -4.59. The Morgan fingerprint density at radius 2 is 1.11 bits per heavy atom. The average molecular weight is 518 g/mol. The molecule has 0 aliphatic heterocycles. The molecule has 0 unspecified atom stereocenters. The number of amides is 3. The van der Waals surface area contributed by atoms with Gasteiger partial charge in [-0.3, -0.25) is 4.79 Å². The maximum Gasteiger partial charge on any atom is 0.416 e. The second-order valence-corrected chi connectivity index (χ2v) is 8.68. The van der Waals surface area contributed by atoms with Crippen molar-refractivity contribution in [3.8, 4) is 0 Å². The van der Waals surface area contributed by atoms with Gasteiger partial charge < -0.3 is 16.0 Å². The number of benzene rings is 4. The van der Waals surface area contributed by atoms with E-state index in [1.54, 1.807) is 0 Å². The van der Waals surface area contributed by atoms with Crippen LogP contribution in [0.4, 0.5) is 23.7 Å². The summed E-state index contributed by atoms with van der Waals surface area (Å²) in [5, 5.41) is 8.56. The number of alkyl halides is 3. The van der Waals surface area contributed by atoms with E-state index in [1.165, 1.54) is 12.1 Å². The highest BCUT2D eigenvalue weighted by Gasteiger charge is 2.30. The first kappa shape index (κ1) is 26.5. The fourth-order valence-corrected chi connectivity index (χ4v) is 4.10. The molecule has 0 aromatic heterocycles. The van der Waals surface area contributed by atoms with Gasteiger partial charge in [-0.1, -0.05) is 91.0 Å². The number of halogens is 3. The molecule has 3 N–H and O–H groups in total. The van der Waals surface area contributed by atoms with Gasteiger partial charge in [0.2, 0.25) is 5.91 Å². The molecule has 0 aliphatic carbocycles. The van der Waals surface area contributed by atoms with E-state index in [0.29, 0.717) is 0 Å². The number of hydrogen-bond donors (Lipinski definition) is 3. The van der Waals surface area contributed by atoms with Crippen molar-refractivity contribution in [1.29, 1.82) is 0 Å². The molecule has 0 aliphatic rings. The molecular weight excluding hydrogens is 491 g/mol. The van der Waals surface area contributed by atoms with E-state index < -0.39 is 29.9 Å². The lowest BCUT2D eigenvalue weighted by molar-refractivity contribution is -0.137. The minimum absolute atomic E-state index is 0.156. The Labute approximate surface area is 218 Å². The third-order valence-corrected chi connectivity index (χ3v) is 5.93. The van der Waals surface area contributed by atoms with Gasteiger partial charge in [0.05, 0.1) is 24.1 Å². The molecule has 0 saturated carbocycles. The normalized spacial score (nSPS) is 12.7. The van der Waals surface area contributed by atoms with E-state index in [9.17, 15) is 22.8 Å². The minimum atomic E-state index is -4.47. The van der Waals surface area contributed by atoms with Crippen LogP contribution in [-0.4, -0.2) is 11.9 Å². The van der Waals surface area contributed by atoms with Crippen LogP contribution in [0.1, 0.15) is 34.3 Å². The highest BCUT2D eigenvalue weighted by atomic mass is 19.4. The van der Waals surface area contributed by atoms with Crippen LogP contribution in [-0.2, 0) is 17.4 Å². The summed E-state index contributed by atoms with van der Waals surface area (Å²) in [6.07, 6.45) is -4.32. The first-order valence-corrected chi connectivity index (χ1v) is 12.0. The molecule has 0 radical (unpaired) electrons. The summed E-state index contributed by atoms with van der Waals surface area (Å²) in [5.74, 6) is -0.226. The lowest BCUT2D eigenvalue weighted by atomic mass is 9.93. The molecular formula is C30H26F3N3O2. The van der Waals surface area contributed by atoms with Crippen molar-refractivity contribution in [3.05, 3.63) is 138 Å². The molecule has 194 valence electrons. The molecule has 4 rings (SSSR count). The molecule has 8 heteroatoms. The van der Waals surface area contributed by atoms with Crippen molar-refractivity contribution in [1.82, 2.24) is 10.6 Å². The SMILES string of the molecule is O=C(Cc1ccccc1)N[C@@H](c1ccccc1)[C@@H](NC(=O)Nc1ccc(C(F)(F)F)cc1)c1ccccc1. The highest BCUT2D eigenvalue weighted by molar-refractivity contribution is 5.89. The van der Waals surface area contributed by atoms with Gasteiger partial charge in [0.15, 0.2) is 0 Å². The largest absolute Gasteiger partial charge is 0.416 e. The summed E-state index contributed by atoms with van der Waals surface area (Å²) in [7, 11) is 0. The zero-order chi connectivity index (χ0) is 27.0. The van der Waals surface area contributed by atoms with Gasteiger partial charge in [0.1, 0.15) is 0 Å². The Morgan fingerprint density at radius 3 is 1.61 bits per heavy atom. The van der Waals surface area contributed by atoms with Crippen molar-refractivity contribution in [2.45, 2.75) is 24.7 Å². The molecule has 0 fully saturated rings. The van der Waals surface area contributed by atoms with Crippen molar-refractivity contribution < 1.29 is 22.8 Å². The molecule has 5 nitrogen and oxygen atoms in total. The van der Waals surface area contributed by atoms with Gasteiger partial charge in [-0.05, 0) is 41.0 Å². The summed E-state index contributed by atoms with van der Waals surface area (Å²) in [6.45, 7) is 0. The number of carbonyl (C=O) groups is 2. The van der Waals surface area contributed by atoms with E-state index >= 15 is 0 Å². The van der Waals surface area contributed by atoms with Gasteiger partial charge in [0, 0.05) is 5.69 Å². The Balaban J connectivity index is 1.59. The topological polar surface area (TPSA) is 70.2 Å². The van der Waals surface area contributed by atoms with Gasteiger partial charge in [-0.2, -0.15) is 13.2 Å². The van der Waals surface area contributed by atoms with Crippen molar-refractivity contribution in [2.75, 3.05) is 5.32 Å². The predicted molar refractivity (Wildman–Crippen MR) is 140 cm³/mol. The quantitative estimate of drug-likeness (QED) is 0.244. The van der Waals surface area contributed by atoms with Crippen LogP contribution in [0.5, 0.6) is 0 Å². The van der Waals surface area contributed by atoms with Crippen LogP contribution in [0.25, 0.3) is 0 Å². The van der Waals surface area contributed by atoms with E-state index in [0.717, 1.165) is 28.8 Å². The lowest BCUT2D eigenvalue weighted by Crippen LogP contribution is -2.42. The van der Waals surface area contributed by atoms with E-state index in [4.69, 9.17) is 0 Å². The molecule has 0 spiro atoms. The second kappa shape index (κ2) is 12.1. The minimum Gasteiger partial charge on any atom is -0.347 e. The second-order valence-electron chi connectivity index (χ2n) is 8.68. The molecule has 0 heterocycles. The van der Waals surface area contributed by atoms with Gasteiger partial charge in [-0.15, -0.1) is 0 Å². The van der Waals surface area contributed by atoms with E-state index in [2.05, 4.69) is 16.0 Å². The number of hydrogen-bond acceptors (Lipinski definition) is 2. The van der Waals surface area contributed by atoms with Gasteiger partial charge in [0.25, 0.3) is 0 Å². The average Bonchev–Trinajstić information content (AvgIpc) is 2.92. The Kier molecular flexibility index (Phi) is 8.43. The lowest BCUT2D eigenvalue weighted by Gasteiger charge is -2.30. The summed E-state index contributed by atoms with van der Waals surface area (Å²) >= 11 is 0. The van der Waals surface area contributed by atoms with E-state index in [-0.39, 0.29) is 18.0 Å². The molecule has 0 saturated heterocycles. The Morgan fingerprint density at radius 1 is 0.632 bits per heavy atom. The smallest absolute Gasteiger partial charge is 0.347 e. The number of rotatable bonds is 8. The third kappa shape index (κ3) is 7.22. The number of urea groups is 1. The molecule has 4 aromatic rings. The number of nitrogens with one attached hydrogen (secondary N) is 3. The maximum atomic E-state index is 13.1. The maximum absolute atomic E-state index is 13.1. The van der Waals surface area contributed by atoms with Crippen molar-refractivity contribution in [3.63, 3.8) is 0 Å². The van der Waals surface area contributed by atoms with Gasteiger partial charge >= 0.3 is 12.2 Å². The van der Waals surface area contributed by atoms with Crippen LogP contribution in [0.3, 0.4) is 0 Å². The van der Waals surface area contributed by atoms with Crippen LogP contribution >= 0.6 is 0 Å². The standard InChI is InChI=1S/C30H26F3N3O2/c31-30(32,33)24-16-18-25(19-17-24)34-29(38)36-28(23-14-8-3-9-15-23)27(22-12-6-2-7-13-22)35-26(37)20-21-10-4-1-5-11-21/h1-19,27-28H,20H2,(H,35,37)(H2,34,36,38)/t27-,28-/m0/s1. The zero-order valence-corrected chi connectivity index (χ0v) is 20.3. The fraction of sp³-hybridized carbons (Fsp3) is 0.133. The summed E-state index contributed by atoms with van der Waals surface area (Å²) in [4.78, 5) is 26.1. The van der Waals surface area contributed by atoms with Crippen LogP contribution < -0.4 is 16.0 Å². The molecule has 4 aromatic carbocycles. The number of anilines is 1. The highest BCUT2D eigenvalue weighted by Crippen LogP contribution is 2.31. The van der Waals surface area contributed by atoms with Crippen LogP contribution in [0.2, 0.25) is 0 Å². The molecule has 38 heavy (non-hydrogen) atoms. The van der Waals surface area contributed by atoms with Crippen molar-refractivity contribution >= 4 is 17.6 Å². The third-order valence-electron chi connectivity index (χ3n) is 5.93. The molecule has 0 bridgehead atoms. The first-order valence-electron chi connectivity index (χ1n) is 12.0. The monoisotopic (exact) mass is 517 g/mol. The van der Waals surface area contributed by atoms with Gasteiger partial charge in [-0.25, -0.2) is 4.79 Å². The van der Waals surface area contributed by atoms with E-state index in [1.807, 2.05) is 91.0 Å². The molecule has 2 atom stereocenters. The number of carbonyl (C=O) groups excluding carboxylic acids is 2. The summed E-state index contributed by atoms with van der Waals surface area (Å²) in [5.41, 5.74) is 1.75. The summed E-state index contributed by atoms with van der Waals surface area (Å²) < 4.78 is 38.7. The first-order chi connectivity index (χ1) is 18.3. The van der Waals surface area contributed by atoms with Crippen molar-refractivity contribution in [2.24, 2.45) is 0 Å². The fourth-order valence-electron chi connectivity index (χ4n) is 4.10. The zero-order valence-electron chi connectivity index (χ0n) is 20.3. The van der Waals surface area contributed by atoms with Crippen LogP contribution in [0.15, 0.2) is 115 Å². The summed E-state index contributed by atoms with van der Waals surface area (Å²) in [6, 6.07) is 30.0. The predicted octanol–water partition coefficient (Wildman–Crippen LogP) is 6.67. The Bertz CT molecular complexity index is 1330. The van der Waals surface area contributed by atoms with Crippen LogP contribution in [0, 0.1) is 0 Å².